The van der Waals surface area contributed by atoms with Crippen LogP contribution < -0.4 is 0 Å². The van der Waals surface area contributed by atoms with Crippen molar-refractivity contribution in [2.24, 2.45) is 34.5 Å². The number of carbonyl (C=O) groups excluding carboxylic acids is 1. The first-order chi connectivity index (χ1) is 22.7. The summed E-state index contributed by atoms with van der Waals surface area (Å²) in [6.45, 7) is 6.50. The summed E-state index contributed by atoms with van der Waals surface area (Å²) < 4.78 is 30.3. The smallest absolute Gasteiger partial charge is 0.335 e. The average Bonchev–Trinajstić information content (AvgIpc) is 3.60. The minimum Gasteiger partial charge on any atom is -0.479 e. The molecule has 13 heteroatoms. The van der Waals surface area contributed by atoms with E-state index in [-0.39, 0.29) is 48.3 Å². The van der Waals surface area contributed by atoms with Gasteiger partial charge in [-0.15, -0.1) is 0 Å². The molecule has 48 heavy (non-hydrogen) atoms. The monoisotopic (exact) mass is 680 g/mol. The summed E-state index contributed by atoms with van der Waals surface area (Å²) >= 11 is 0. The fraction of sp³-hybridized carbons (Fsp3) is 0.886. The zero-order valence-electron chi connectivity index (χ0n) is 28.0. The highest BCUT2D eigenvalue weighted by Gasteiger charge is 2.70. The van der Waals surface area contributed by atoms with Crippen molar-refractivity contribution in [2.45, 2.75) is 152 Å². The van der Waals surface area contributed by atoms with Crippen molar-refractivity contribution in [3.63, 3.8) is 0 Å². The van der Waals surface area contributed by atoms with Crippen LogP contribution in [0.1, 0.15) is 85.0 Å². The lowest BCUT2D eigenvalue weighted by atomic mass is 9.43. The Bertz CT molecular complexity index is 1280. The van der Waals surface area contributed by atoms with Crippen LogP contribution in [0, 0.1) is 34.5 Å². The fourth-order valence-electron chi connectivity index (χ4n) is 11.4. The van der Waals surface area contributed by atoms with Crippen LogP contribution in [0.15, 0.2) is 11.6 Å². The maximum Gasteiger partial charge on any atom is 0.335 e. The van der Waals surface area contributed by atoms with Crippen molar-refractivity contribution in [2.75, 3.05) is 6.61 Å². The number of hydrogen-bond acceptors (Lipinski definition) is 12. The van der Waals surface area contributed by atoms with E-state index in [4.69, 9.17) is 23.7 Å². The molecule has 4 saturated carbocycles. The molecule has 0 aromatic carbocycles. The number of carboxylic acids is 1. The standard InChI is InChI=1S/C35H52O13/c1-16-26(38)23(36)14-25(45-16)46-19-6-9-33(2)18(13-19)4-5-22-21(33)7-10-34(3)20(17-12-24(37)44-15-17)8-11-35(22,34)48-32-29(41)27(39)28(40)30(47-32)31(42)43/h12,16,18-23,25-30,32,36,38-41H,4-11,13-15H2,1-3H3,(H,42,43)/t16-,18-,19+,20-,21+,22-,23+,25+,26-,27+,28+,29-,30+,32+,33+,34-,35+/m1/s1. The Morgan fingerprint density at radius 3 is 2.33 bits per heavy atom. The second-order valence-corrected chi connectivity index (χ2v) is 16.2. The van der Waals surface area contributed by atoms with E-state index in [1.807, 2.05) is 0 Å². The van der Waals surface area contributed by atoms with Crippen LogP contribution in [-0.2, 0) is 33.3 Å². The normalized spacial score (nSPS) is 53.7. The number of cyclic esters (lactones) is 1. The molecule has 0 spiro atoms. The van der Waals surface area contributed by atoms with Gasteiger partial charge in [0.25, 0.3) is 0 Å². The Morgan fingerprint density at radius 2 is 1.65 bits per heavy atom. The maximum atomic E-state index is 12.2. The van der Waals surface area contributed by atoms with Gasteiger partial charge in [0.2, 0.25) is 0 Å². The van der Waals surface area contributed by atoms with Crippen LogP contribution in [-0.4, -0.2) is 116 Å². The molecule has 3 heterocycles. The third-order valence-corrected chi connectivity index (χ3v) is 14.0. The van der Waals surface area contributed by atoms with Gasteiger partial charge in [-0.2, -0.15) is 0 Å². The van der Waals surface area contributed by atoms with Crippen LogP contribution in [0.2, 0.25) is 0 Å². The van der Waals surface area contributed by atoms with E-state index in [1.165, 1.54) is 0 Å². The van der Waals surface area contributed by atoms with Crippen molar-refractivity contribution in [1.29, 1.82) is 0 Å². The molecule has 0 bridgehead atoms. The number of carboxylic acid groups (broad SMARTS) is 1. The van der Waals surface area contributed by atoms with Crippen molar-refractivity contribution in [3.8, 4) is 0 Å². The molecule has 270 valence electrons. The molecule has 0 radical (unpaired) electrons. The van der Waals surface area contributed by atoms with Crippen molar-refractivity contribution < 1.29 is 63.9 Å². The Balaban J connectivity index is 1.16. The molecule has 3 aliphatic heterocycles. The van der Waals surface area contributed by atoms with E-state index in [2.05, 4.69) is 13.8 Å². The number of aliphatic hydroxyl groups is 5. The van der Waals surface area contributed by atoms with Gasteiger partial charge >= 0.3 is 11.9 Å². The van der Waals surface area contributed by atoms with E-state index in [9.17, 15) is 40.2 Å². The molecule has 6 N–H and O–H groups in total. The second-order valence-electron chi connectivity index (χ2n) is 16.2. The van der Waals surface area contributed by atoms with Gasteiger partial charge < -0.3 is 54.3 Å². The van der Waals surface area contributed by atoms with Gasteiger partial charge in [-0.1, -0.05) is 13.8 Å². The SMILES string of the molecule is C[C@H]1O[C@@H](O[C@H]2CC[C@@]3(C)[C@H](CC[C@@H]4[C@@H]3CC[C@]3(C)[C@@H](C5=CC(=O)OC5)CC[C@]43O[C@@H]3O[C@H](C(=O)O)[C@@H](O)[C@H](O)[C@H]3O)C2)C[C@H](O)[C@@H]1O. The minimum atomic E-state index is -1.81. The number of fused-ring (bicyclic) bond motifs is 5. The third-order valence-electron chi connectivity index (χ3n) is 14.0. The highest BCUT2D eigenvalue weighted by atomic mass is 16.7. The summed E-state index contributed by atoms with van der Waals surface area (Å²) in [4.78, 5) is 24.2. The maximum absolute atomic E-state index is 12.2. The molecule has 0 aromatic rings. The lowest BCUT2D eigenvalue weighted by Gasteiger charge is -2.65. The number of aliphatic carboxylic acids is 1. The largest absolute Gasteiger partial charge is 0.479 e. The molecule has 0 amide bonds. The molecule has 2 saturated heterocycles. The number of aliphatic hydroxyl groups excluding tert-OH is 5. The molecule has 13 nitrogen and oxygen atoms in total. The van der Waals surface area contributed by atoms with Gasteiger partial charge in [-0.3, -0.25) is 0 Å². The molecule has 17 atom stereocenters. The highest BCUT2D eigenvalue weighted by Crippen LogP contribution is 2.71. The Morgan fingerprint density at radius 1 is 0.875 bits per heavy atom. The fourth-order valence-corrected chi connectivity index (χ4v) is 11.4. The zero-order valence-corrected chi connectivity index (χ0v) is 28.0. The highest BCUT2D eigenvalue weighted by molar-refractivity contribution is 5.85. The molecule has 0 aromatic heterocycles. The lowest BCUT2D eigenvalue weighted by molar-refractivity contribution is -0.354. The van der Waals surface area contributed by atoms with Crippen LogP contribution in [0.5, 0.6) is 0 Å². The number of ether oxygens (including phenoxy) is 5. The molecule has 4 aliphatic carbocycles. The van der Waals surface area contributed by atoms with E-state index >= 15 is 0 Å². The lowest BCUT2D eigenvalue weighted by Crippen LogP contribution is -2.67. The van der Waals surface area contributed by atoms with E-state index in [0.29, 0.717) is 12.3 Å². The van der Waals surface area contributed by atoms with Crippen molar-refractivity contribution in [3.05, 3.63) is 11.6 Å². The number of rotatable bonds is 6. The van der Waals surface area contributed by atoms with Gasteiger partial charge in [0.1, 0.15) is 31.0 Å². The summed E-state index contributed by atoms with van der Waals surface area (Å²) in [5, 5.41) is 62.4. The molecule has 6 fully saturated rings. The molecular weight excluding hydrogens is 628 g/mol. The van der Waals surface area contributed by atoms with Crippen molar-refractivity contribution >= 4 is 11.9 Å². The summed E-state index contributed by atoms with van der Waals surface area (Å²) in [5.41, 5.74) is -0.495. The minimum absolute atomic E-state index is 0.0285. The number of hydrogen-bond donors (Lipinski definition) is 6. The summed E-state index contributed by atoms with van der Waals surface area (Å²) in [6.07, 6.45) is -2.28. The van der Waals surface area contributed by atoms with Crippen LogP contribution in [0.25, 0.3) is 0 Å². The second kappa shape index (κ2) is 12.5. The van der Waals surface area contributed by atoms with E-state index in [0.717, 1.165) is 56.9 Å². The summed E-state index contributed by atoms with van der Waals surface area (Å²) in [5.74, 6) is -1.21. The van der Waals surface area contributed by atoms with Gasteiger partial charge in [0.05, 0.1) is 23.9 Å². The number of carbonyl (C=O) groups is 2. The van der Waals surface area contributed by atoms with Crippen LogP contribution >= 0.6 is 0 Å². The predicted octanol–water partition coefficient (Wildman–Crippen LogP) is 1.40. The Labute approximate surface area is 280 Å². The molecular formula is C35H52O13. The number of esters is 1. The topological polar surface area (TPSA) is 202 Å². The summed E-state index contributed by atoms with van der Waals surface area (Å²) in [6, 6.07) is 0. The average molecular weight is 681 g/mol. The van der Waals surface area contributed by atoms with Gasteiger partial charge in [0.15, 0.2) is 18.7 Å². The quantitative estimate of drug-likeness (QED) is 0.174. The van der Waals surface area contributed by atoms with Gasteiger partial charge in [-0.25, -0.2) is 9.59 Å². The van der Waals surface area contributed by atoms with Crippen molar-refractivity contribution in [1.82, 2.24) is 0 Å². The van der Waals surface area contributed by atoms with Gasteiger partial charge in [-0.05, 0) is 99.4 Å². The molecule has 7 rings (SSSR count). The third kappa shape index (κ3) is 5.38. The Kier molecular flexibility index (Phi) is 9.07. The first kappa shape index (κ1) is 34.8. The van der Waals surface area contributed by atoms with Crippen LogP contribution in [0.3, 0.4) is 0 Å². The molecule has 7 aliphatic rings. The molecule has 0 unspecified atom stereocenters. The predicted molar refractivity (Wildman–Crippen MR) is 165 cm³/mol. The van der Waals surface area contributed by atoms with E-state index in [1.54, 1.807) is 13.0 Å². The first-order valence-corrected chi connectivity index (χ1v) is 17.8. The van der Waals surface area contributed by atoms with E-state index < -0.39 is 72.3 Å². The van der Waals surface area contributed by atoms with Crippen LogP contribution in [0.4, 0.5) is 0 Å². The zero-order chi connectivity index (χ0) is 34.3. The summed E-state index contributed by atoms with van der Waals surface area (Å²) in [7, 11) is 0. The van der Waals surface area contributed by atoms with Gasteiger partial charge in [0, 0.05) is 17.9 Å². The first-order valence-electron chi connectivity index (χ1n) is 17.8. The Hall–Kier alpha value is -1.68.